The lowest BCUT2D eigenvalue weighted by molar-refractivity contribution is 0.828. The molecule has 2 rings (SSSR count). The third-order valence-corrected chi connectivity index (χ3v) is 2.75. The van der Waals surface area contributed by atoms with Crippen molar-refractivity contribution in [2.45, 2.75) is 13.5 Å². The van der Waals surface area contributed by atoms with Gasteiger partial charge in [0.15, 0.2) is 0 Å². The first-order valence-electron chi connectivity index (χ1n) is 4.72. The monoisotopic (exact) mass is 221 g/mol. The molecule has 78 valence electrons. The highest BCUT2D eigenvalue weighted by atomic mass is 35.5. The number of hydrogen-bond donors (Lipinski definition) is 1. The summed E-state index contributed by atoms with van der Waals surface area (Å²) in [6.45, 7) is 2.42. The molecule has 3 nitrogen and oxygen atoms in total. The van der Waals surface area contributed by atoms with Crippen molar-refractivity contribution in [3.8, 4) is 5.69 Å². The van der Waals surface area contributed by atoms with Crippen LogP contribution in [-0.2, 0) is 6.54 Å². The van der Waals surface area contributed by atoms with Gasteiger partial charge in [0.2, 0.25) is 0 Å². The standard InChI is InChI=1S/C11H12ClN3/c1-8-10(12)3-2-4-11(8)15-6-5-9(7-13)14-15/h2-6H,7,13H2,1H3. The summed E-state index contributed by atoms with van der Waals surface area (Å²) < 4.78 is 1.80. The molecule has 0 aliphatic heterocycles. The lowest BCUT2D eigenvalue weighted by Crippen LogP contribution is -2.01. The second-order valence-electron chi connectivity index (χ2n) is 3.34. The molecule has 0 bridgehead atoms. The Hall–Kier alpha value is -1.32. The van der Waals surface area contributed by atoms with Crippen LogP contribution in [0.3, 0.4) is 0 Å². The molecule has 1 aromatic heterocycles. The van der Waals surface area contributed by atoms with Gasteiger partial charge in [-0.25, -0.2) is 4.68 Å². The van der Waals surface area contributed by atoms with E-state index in [2.05, 4.69) is 5.10 Å². The fourth-order valence-corrected chi connectivity index (χ4v) is 1.62. The van der Waals surface area contributed by atoms with Crippen LogP contribution in [0.25, 0.3) is 5.69 Å². The molecule has 0 aliphatic carbocycles. The number of halogens is 1. The lowest BCUT2D eigenvalue weighted by atomic mass is 10.2. The third kappa shape index (κ3) is 1.89. The summed E-state index contributed by atoms with van der Waals surface area (Å²) in [5, 5.41) is 5.08. The van der Waals surface area contributed by atoms with Crippen LogP contribution in [0.4, 0.5) is 0 Å². The Kier molecular flexibility index (Phi) is 2.75. The maximum atomic E-state index is 6.04. The Morgan fingerprint density at radius 3 is 2.87 bits per heavy atom. The fraction of sp³-hybridized carbons (Fsp3) is 0.182. The molecule has 2 aromatic rings. The van der Waals surface area contributed by atoms with Crippen LogP contribution in [0.1, 0.15) is 11.3 Å². The van der Waals surface area contributed by atoms with Gasteiger partial charge in [-0.2, -0.15) is 5.10 Å². The Balaban J connectivity index is 2.49. The van der Waals surface area contributed by atoms with E-state index in [1.54, 1.807) is 4.68 Å². The van der Waals surface area contributed by atoms with Gasteiger partial charge in [0.05, 0.1) is 11.4 Å². The van der Waals surface area contributed by atoms with E-state index in [0.717, 1.165) is 22.0 Å². The second-order valence-corrected chi connectivity index (χ2v) is 3.75. The average molecular weight is 222 g/mol. The van der Waals surface area contributed by atoms with Crippen LogP contribution < -0.4 is 5.73 Å². The molecule has 0 aliphatic rings. The molecule has 15 heavy (non-hydrogen) atoms. The van der Waals surface area contributed by atoms with Gasteiger partial charge in [-0.3, -0.25) is 0 Å². The lowest BCUT2D eigenvalue weighted by Gasteiger charge is -2.06. The molecule has 0 fully saturated rings. The number of nitrogens with zero attached hydrogens (tertiary/aromatic N) is 2. The molecular weight excluding hydrogens is 210 g/mol. The van der Waals surface area contributed by atoms with Gasteiger partial charge in [-0.05, 0) is 30.7 Å². The van der Waals surface area contributed by atoms with E-state index in [0.29, 0.717) is 6.54 Å². The van der Waals surface area contributed by atoms with Gasteiger partial charge >= 0.3 is 0 Å². The normalized spacial score (nSPS) is 10.6. The largest absolute Gasteiger partial charge is 0.325 e. The first-order valence-corrected chi connectivity index (χ1v) is 5.10. The maximum absolute atomic E-state index is 6.04. The predicted molar refractivity (Wildman–Crippen MR) is 61.2 cm³/mol. The Labute approximate surface area is 93.5 Å². The molecular formula is C11H12ClN3. The Morgan fingerprint density at radius 1 is 1.40 bits per heavy atom. The van der Waals surface area contributed by atoms with E-state index >= 15 is 0 Å². The zero-order valence-corrected chi connectivity index (χ0v) is 9.20. The molecule has 0 radical (unpaired) electrons. The summed E-state index contributed by atoms with van der Waals surface area (Å²) in [5.74, 6) is 0. The van der Waals surface area contributed by atoms with Gasteiger partial charge in [0, 0.05) is 17.8 Å². The van der Waals surface area contributed by atoms with Crippen molar-refractivity contribution in [1.82, 2.24) is 9.78 Å². The van der Waals surface area contributed by atoms with E-state index in [-0.39, 0.29) is 0 Å². The molecule has 0 atom stereocenters. The fourth-order valence-electron chi connectivity index (χ4n) is 1.45. The molecule has 1 aromatic carbocycles. The van der Waals surface area contributed by atoms with Crippen molar-refractivity contribution in [1.29, 1.82) is 0 Å². The topological polar surface area (TPSA) is 43.8 Å². The summed E-state index contributed by atoms with van der Waals surface area (Å²) in [6.07, 6.45) is 1.89. The second kappa shape index (κ2) is 4.04. The smallest absolute Gasteiger partial charge is 0.0764 e. The number of hydrogen-bond acceptors (Lipinski definition) is 2. The van der Waals surface area contributed by atoms with Gasteiger partial charge in [0.25, 0.3) is 0 Å². The average Bonchev–Trinajstić information content (AvgIpc) is 2.70. The van der Waals surface area contributed by atoms with Crippen LogP contribution in [0.5, 0.6) is 0 Å². The van der Waals surface area contributed by atoms with Crippen LogP contribution in [-0.4, -0.2) is 9.78 Å². The van der Waals surface area contributed by atoms with Crippen LogP contribution in [0, 0.1) is 6.92 Å². The number of rotatable bonds is 2. The van der Waals surface area contributed by atoms with E-state index < -0.39 is 0 Å². The first-order chi connectivity index (χ1) is 7.22. The van der Waals surface area contributed by atoms with Crippen LogP contribution in [0.15, 0.2) is 30.5 Å². The Bertz CT molecular complexity index is 476. The third-order valence-electron chi connectivity index (χ3n) is 2.34. The van der Waals surface area contributed by atoms with Gasteiger partial charge < -0.3 is 5.73 Å². The van der Waals surface area contributed by atoms with Crippen LogP contribution in [0.2, 0.25) is 5.02 Å². The minimum Gasteiger partial charge on any atom is -0.325 e. The van der Waals surface area contributed by atoms with E-state index in [1.165, 1.54) is 0 Å². The molecule has 0 spiro atoms. The summed E-state index contributed by atoms with van der Waals surface area (Å²) in [6, 6.07) is 7.66. The predicted octanol–water partition coefficient (Wildman–Crippen LogP) is 2.29. The highest BCUT2D eigenvalue weighted by Gasteiger charge is 2.05. The van der Waals surface area contributed by atoms with Crippen molar-refractivity contribution in [2.75, 3.05) is 0 Å². The van der Waals surface area contributed by atoms with Crippen molar-refractivity contribution in [3.63, 3.8) is 0 Å². The van der Waals surface area contributed by atoms with E-state index in [1.807, 2.05) is 37.4 Å². The summed E-state index contributed by atoms with van der Waals surface area (Å²) in [5.41, 5.74) is 8.38. The molecule has 1 heterocycles. The number of benzene rings is 1. The minimum atomic E-state index is 0.451. The van der Waals surface area contributed by atoms with Gasteiger partial charge in [0.1, 0.15) is 0 Å². The molecule has 4 heteroatoms. The zero-order chi connectivity index (χ0) is 10.8. The van der Waals surface area contributed by atoms with Gasteiger partial charge in [-0.1, -0.05) is 17.7 Å². The van der Waals surface area contributed by atoms with Gasteiger partial charge in [-0.15, -0.1) is 0 Å². The van der Waals surface area contributed by atoms with Crippen molar-refractivity contribution < 1.29 is 0 Å². The first kappa shape index (κ1) is 10.2. The number of nitrogens with two attached hydrogens (primary N) is 1. The quantitative estimate of drug-likeness (QED) is 0.846. The van der Waals surface area contributed by atoms with Crippen molar-refractivity contribution in [2.24, 2.45) is 5.73 Å². The van der Waals surface area contributed by atoms with E-state index in [9.17, 15) is 0 Å². The SMILES string of the molecule is Cc1c(Cl)cccc1-n1ccc(CN)n1. The molecule has 0 amide bonds. The highest BCUT2D eigenvalue weighted by molar-refractivity contribution is 6.31. The molecule has 0 unspecified atom stereocenters. The Morgan fingerprint density at radius 2 is 2.20 bits per heavy atom. The zero-order valence-electron chi connectivity index (χ0n) is 8.44. The van der Waals surface area contributed by atoms with Crippen molar-refractivity contribution in [3.05, 3.63) is 46.7 Å². The summed E-state index contributed by atoms with van der Waals surface area (Å²) in [7, 11) is 0. The summed E-state index contributed by atoms with van der Waals surface area (Å²) in [4.78, 5) is 0. The highest BCUT2D eigenvalue weighted by Crippen LogP contribution is 2.21. The minimum absolute atomic E-state index is 0.451. The van der Waals surface area contributed by atoms with Crippen molar-refractivity contribution >= 4 is 11.6 Å². The number of aromatic nitrogens is 2. The van der Waals surface area contributed by atoms with Crippen LogP contribution >= 0.6 is 11.6 Å². The molecule has 0 saturated carbocycles. The van der Waals surface area contributed by atoms with E-state index in [4.69, 9.17) is 17.3 Å². The molecule has 2 N–H and O–H groups in total. The summed E-state index contributed by atoms with van der Waals surface area (Å²) >= 11 is 6.04. The maximum Gasteiger partial charge on any atom is 0.0764 e. The molecule has 0 saturated heterocycles.